The van der Waals surface area contributed by atoms with Crippen LogP contribution in [-0.2, 0) is 4.79 Å². The number of thioether (sulfide) groups is 1. The molecular formula is C12H15NOS. The lowest BCUT2D eigenvalue weighted by Crippen LogP contribution is -2.07. The first-order valence-corrected chi connectivity index (χ1v) is 6.28. The summed E-state index contributed by atoms with van der Waals surface area (Å²) in [6, 6.07) is 9.62. The van der Waals surface area contributed by atoms with Crippen LogP contribution in [-0.4, -0.2) is 30.6 Å². The van der Waals surface area contributed by atoms with Crippen molar-refractivity contribution in [1.82, 2.24) is 0 Å². The molecule has 0 saturated carbocycles. The van der Waals surface area contributed by atoms with E-state index in [9.17, 15) is 4.79 Å². The molecule has 1 aromatic rings. The number of carbonyl (C=O) groups is 1. The molecule has 1 rings (SSSR count). The van der Waals surface area contributed by atoms with E-state index >= 15 is 0 Å². The molecule has 0 fully saturated rings. The smallest absolute Gasteiger partial charge is 0.144 e. The molecule has 1 atom stereocenters. The predicted octanol–water partition coefficient (Wildman–Crippen LogP) is 2.43. The first-order valence-electron chi connectivity index (χ1n) is 4.89. The molecule has 1 unspecified atom stereocenters. The molecule has 0 aliphatic heterocycles. The maximum absolute atomic E-state index is 10.7. The number of nitrogens with zero attached hydrogens (tertiary/aromatic N) is 1. The highest BCUT2D eigenvalue weighted by molar-refractivity contribution is 7.98. The summed E-state index contributed by atoms with van der Waals surface area (Å²) in [4.78, 5) is 15.0. The highest BCUT2D eigenvalue weighted by atomic mass is 32.2. The highest BCUT2D eigenvalue weighted by Gasteiger charge is 2.02. The minimum Gasteiger partial charge on any atom is -0.301 e. The van der Waals surface area contributed by atoms with Crippen molar-refractivity contribution in [2.45, 2.75) is 12.5 Å². The number of hydrogen-bond acceptors (Lipinski definition) is 3. The van der Waals surface area contributed by atoms with Crippen molar-refractivity contribution < 1.29 is 4.79 Å². The lowest BCUT2D eigenvalue weighted by Gasteiger charge is -2.02. The summed E-state index contributed by atoms with van der Waals surface area (Å²) in [7, 11) is 0. The molecule has 1 aromatic carbocycles. The van der Waals surface area contributed by atoms with Gasteiger partial charge in [0, 0.05) is 6.21 Å². The van der Waals surface area contributed by atoms with Gasteiger partial charge in [0.1, 0.15) is 12.3 Å². The van der Waals surface area contributed by atoms with Gasteiger partial charge in [-0.3, -0.25) is 4.99 Å². The summed E-state index contributed by atoms with van der Waals surface area (Å²) < 4.78 is 0. The quantitative estimate of drug-likeness (QED) is 0.545. The summed E-state index contributed by atoms with van der Waals surface area (Å²) >= 11 is 1.73. The van der Waals surface area contributed by atoms with Gasteiger partial charge in [0.05, 0.1) is 0 Å². The first kappa shape index (κ1) is 12.0. The van der Waals surface area contributed by atoms with E-state index in [0.29, 0.717) is 0 Å². The average Bonchev–Trinajstić information content (AvgIpc) is 2.31. The summed E-state index contributed by atoms with van der Waals surface area (Å²) in [6.07, 6.45) is 5.52. The zero-order valence-corrected chi connectivity index (χ0v) is 9.61. The zero-order chi connectivity index (χ0) is 10.9. The van der Waals surface area contributed by atoms with Gasteiger partial charge in [-0.05, 0) is 24.0 Å². The van der Waals surface area contributed by atoms with Crippen LogP contribution in [0.25, 0.3) is 0 Å². The van der Waals surface area contributed by atoms with Crippen LogP contribution in [0.15, 0.2) is 35.3 Å². The Labute approximate surface area is 94.8 Å². The second-order valence-electron chi connectivity index (χ2n) is 3.17. The maximum Gasteiger partial charge on any atom is 0.144 e. The lowest BCUT2D eigenvalue weighted by molar-refractivity contribution is -0.108. The van der Waals surface area contributed by atoms with Gasteiger partial charge >= 0.3 is 0 Å². The fourth-order valence-corrected chi connectivity index (χ4v) is 1.61. The van der Waals surface area contributed by atoms with Gasteiger partial charge in [-0.1, -0.05) is 30.3 Å². The van der Waals surface area contributed by atoms with Crippen LogP contribution in [0, 0.1) is 0 Å². The summed E-state index contributed by atoms with van der Waals surface area (Å²) in [6.45, 7) is 0. The largest absolute Gasteiger partial charge is 0.301 e. The lowest BCUT2D eigenvalue weighted by atomic mass is 10.2. The van der Waals surface area contributed by atoms with Gasteiger partial charge in [0.2, 0.25) is 0 Å². The van der Waals surface area contributed by atoms with Crippen LogP contribution < -0.4 is 0 Å². The molecule has 2 nitrogen and oxygen atoms in total. The van der Waals surface area contributed by atoms with E-state index in [1.54, 1.807) is 18.0 Å². The van der Waals surface area contributed by atoms with Gasteiger partial charge in [0.25, 0.3) is 0 Å². The number of aldehydes is 1. The van der Waals surface area contributed by atoms with E-state index in [1.165, 1.54) is 0 Å². The number of carbonyl (C=O) groups excluding carboxylic acids is 1. The van der Waals surface area contributed by atoms with Gasteiger partial charge in [-0.25, -0.2) is 0 Å². The van der Waals surface area contributed by atoms with Crippen LogP contribution >= 0.6 is 11.8 Å². The Bertz CT molecular complexity index is 311. The minimum absolute atomic E-state index is 0.197. The summed E-state index contributed by atoms with van der Waals surface area (Å²) in [5.41, 5.74) is 1.04. The number of hydrogen-bond donors (Lipinski definition) is 0. The van der Waals surface area contributed by atoms with Crippen molar-refractivity contribution in [3.05, 3.63) is 35.9 Å². The number of aliphatic imine (C=N–C) groups is 1. The van der Waals surface area contributed by atoms with Crippen molar-refractivity contribution in [3.8, 4) is 0 Å². The Kier molecular flexibility index (Phi) is 5.78. The molecule has 0 spiro atoms. The van der Waals surface area contributed by atoms with Gasteiger partial charge in [-0.2, -0.15) is 11.8 Å². The molecule has 15 heavy (non-hydrogen) atoms. The zero-order valence-electron chi connectivity index (χ0n) is 8.80. The normalized spacial score (nSPS) is 12.9. The van der Waals surface area contributed by atoms with Crippen LogP contribution in [0.1, 0.15) is 12.0 Å². The van der Waals surface area contributed by atoms with Crippen molar-refractivity contribution in [2.24, 2.45) is 4.99 Å². The van der Waals surface area contributed by atoms with Crippen LogP contribution in [0.3, 0.4) is 0 Å². The predicted molar refractivity (Wildman–Crippen MR) is 66.9 cm³/mol. The second kappa shape index (κ2) is 7.23. The Balaban J connectivity index is 2.51. The summed E-state index contributed by atoms with van der Waals surface area (Å²) in [5.74, 6) is 0.968. The van der Waals surface area contributed by atoms with E-state index in [1.807, 2.05) is 36.6 Å². The Morgan fingerprint density at radius 2 is 2.13 bits per heavy atom. The molecule has 0 radical (unpaired) electrons. The van der Waals surface area contributed by atoms with Crippen molar-refractivity contribution >= 4 is 24.3 Å². The molecular weight excluding hydrogens is 206 g/mol. The molecule has 0 bridgehead atoms. The Hall–Kier alpha value is -1.09. The molecule has 0 aromatic heterocycles. The molecule has 0 heterocycles. The SMILES string of the molecule is CSCCC(C=O)N=Cc1ccccc1. The molecule has 0 N–H and O–H groups in total. The first-order chi connectivity index (χ1) is 7.36. The van der Waals surface area contributed by atoms with E-state index in [-0.39, 0.29) is 6.04 Å². The van der Waals surface area contributed by atoms with E-state index in [4.69, 9.17) is 0 Å². The monoisotopic (exact) mass is 221 g/mol. The van der Waals surface area contributed by atoms with Crippen LogP contribution in [0.2, 0.25) is 0 Å². The Morgan fingerprint density at radius 3 is 2.73 bits per heavy atom. The van der Waals surface area contributed by atoms with Gasteiger partial charge in [0.15, 0.2) is 0 Å². The third-order valence-electron chi connectivity index (χ3n) is 1.99. The van der Waals surface area contributed by atoms with Crippen LogP contribution in [0.5, 0.6) is 0 Å². The van der Waals surface area contributed by atoms with Crippen LogP contribution in [0.4, 0.5) is 0 Å². The third-order valence-corrected chi connectivity index (χ3v) is 2.63. The topological polar surface area (TPSA) is 29.4 Å². The van der Waals surface area contributed by atoms with E-state index in [2.05, 4.69) is 4.99 Å². The van der Waals surface area contributed by atoms with Gasteiger partial charge < -0.3 is 4.79 Å². The maximum atomic E-state index is 10.7. The molecule has 0 saturated heterocycles. The number of benzene rings is 1. The second-order valence-corrected chi connectivity index (χ2v) is 4.16. The Morgan fingerprint density at radius 1 is 1.40 bits per heavy atom. The third kappa shape index (κ3) is 4.79. The van der Waals surface area contributed by atoms with Crippen molar-refractivity contribution in [1.29, 1.82) is 0 Å². The van der Waals surface area contributed by atoms with E-state index < -0.39 is 0 Å². The van der Waals surface area contributed by atoms with Crippen molar-refractivity contribution in [2.75, 3.05) is 12.0 Å². The van der Waals surface area contributed by atoms with Crippen molar-refractivity contribution in [3.63, 3.8) is 0 Å². The molecule has 0 amide bonds. The number of rotatable bonds is 6. The average molecular weight is 221 g/mol. The summed E-state index contributed by atoms with van der Waals surface area (Å²) in [5, 5.41) is 0. The molecule has 80 valence electrons. The fraction of sp³-hybridized carbons (Fsp3) is 0.333. The van der Waals surface area contributed by atoms with E-state index in [0.717, 1.165) is 24.0 Å². The highest BCUT2D eigenvalue weighted by Crippen LogP contribution is 2.03. The van der Waals surface area contributed by atoms with Gasteiger partial charge in [-0.15, -0.1) is 0 Å². The molecule has 3 heteroatoms. The standard InChI is InChI=1S/C12H15NOS/c1-15-8-7-12(10-14)13-9-11-5-3-2-4-6-11/h2-6,9-10,12H,7-8H2,1H3. The molecule has 0 aliphatic rings. The fourth-order valence-electron chi connectivity index (χ4n) is 1.14. The minimum atomic E-state index is -0.197. The molecule has 0 aliphatic carbocycles.